The maximum Gasteiger partial charge on any atom is 0.263 e. The molecule has 5 fully saturated rings. The Labute approximate surface area is 278 Å². The Morgan fingerprint density at radius 1 is 1.10 bits per heavy atom. The molecule has 2 bridgehead atoms. The second-order valence-corrected chi connectivity index (χ2v) is 15.2. The second kappa shape index (κ2) is 11.0. The van der Waals surface area contributed by atoms with Crippen molar-refractivity contribution in [2.45, 2.75) is 81.2 Å². The number of anilines is 2. The van der Waals surface area contributed by atoms with Gasteiger partial charge in [-0.05, 0) is 63.6 Å². The number of nitrogens with two attached hydrogens (primary N) is 1. The van der Waals surface area contributed by atoms with Crippen LogP contribution in [0.3, 0.4) is 0 Å². The minimum Gasteiger partial charge on any atom is -0.475 e. The number of hydrogen-bond donors (Lipinski definition) is 2. The van der Waals surface area contributed by atoms with Gasteiger partial charge in [-0.25, -0.2) is 23.1 Å². The largest absolute Gasteiger partial charge is 0.475 e. The summed E-state index contributed by atoms with van der Waals surface area (Å²) in [5, 5.41) is 14.4. The van der Waals surface area contributed by atoms with Crippen molar-refractivity contribution in [1.29, 1.82) is 5.26 Å². The molecule has 4 aliphatic heterocycles. The molecule has 0 radical (unpaired) electrons. The summed E-state index contributed by atoms with van der Waals surface area (Å²) in [4.78, 5) is 28.0. The number of piperazine rings is 1. The Bertz CT molecular complexity index is 2080. The maximum atomic E-state index is 17.5. The van der Waals surface area contributed by atoms with Crippen molar-refractivity contribution in [3.05, 3.63) is 39.7 Å². The normalized spacial score (nSPS) is 27.1. The van der Waals surface area contributed by atoms with Crippen molar-refractivity contribution in [2.24, 2.45) is 0 Å². The number of halogens is 3. The van der Waals surface area contributed by atoms with Gasteiger partial charge in [0.1, 0.15) is 35.7 Å². The summed E-state index contributed by atoms with van der Waals surface area (Å²) in [6.45, 7) is 2.26. The van der Waals surface area contributed by atoms with Crippen LogP contribution in [0, 0.1) is 23.0 Å². The van der Waals surface area contributed by atoms with E-state index in [2.05, 4.69) is 26.3 Å². The molecule has 4 saturated heterocycles. The predicted octanol–water partition coefficient (Wildman–Crippen LogP) is 5.03. The molecule has 1 aliphatic carbocycles. The Kier molecular flexibility index (Phi) is 6.94. The summed E-state index contributed by atoms with van der Waals surface area (Å²) >= 11 is 0.963. The van der Waals surface area contributed by atoms with Gasteiger partial charge in [-0.3, -0.25) is 9.69 Å². The monoisotopic (exact) mass is 676 g/mol. The third-order valence-corrected chi connectivity index (χ3v) is 12.2. The lowest BCUT2D eigenvalue weighted by Crippen LogP contribution is -2.51. The van der Waals surface area contributed by atoms with Crippen LogP contribution in [0.5, 0.6) is 5.88 Å². The number of benzene rings is 1. The molecule has 2 unspecified atom stereocenters. The Morgan fingerprint density at radius 2 is 1.90 bits per heavy atom. The molecule has 7 heterocycles. The van der Waals surface area contributed by atoms with Crippen molar-refractivity contribution in [3.8, 4) is 23.2 Å². The van der Waals surface area contributed by atoms with Crippen LogP contribution in [0.15, 0.2) is 16.9 Å². The first-order chi connectivity index (χ1) is 23.2. The van der Waals surface area contributed by atoms with Crippen molar-refractivity contribution < 1.29 is 17.9 Å². The Balaban J connectivity index is 1.30. The van der Waals surface area contributed by atoms with E-state index in [0.717, 1.165) is 50.0 Å². The summed E-state index contributed by atoms with van der Waals surface area (Å²) in [5.74, 6) is -1.37. The molecule has 3 N–H and O–H groups in total. The van der Waals surface area contributed by atoms with Gasteiger partial charge in [-0.1, -0.05) is 11.3 Å². The minimum atomic E-state index is -0.974. The van der Waals surface area contributed by atoms with E-state index in [0.29, 0.717) is 44.6 Å². The number of alkyl halides is 1. The fraction of sp³-hybridized carbons (Fsp3) is 0.529. The van der Waals surface area contributed by atoms with Crippen LogP contribution in [0.1, 0.15) is 63.0 Å². The van der Waals surface area contributed by atoms with Gasteiger partial charge in [0.05, 0.1) is 32.5 Å². The number of thiazole rings is 1. The molecule has 1 aromatic carbocycles. The van der Waals surface area contributed by atoms with Gasteiger partial charge in [0.2, 0.25) is 5.88 Å². The van der Waals surface area contributed by atoms with Crippen LogP contribution in [0.2, 0.25) is 0 Å². The van der Waals surface area contributed by atoms with Crippen LogP contribution in [-0.4, -0.2) is 76.0 Å². The summed E-state index contributed by atoms with van der Waals surface area (Å²) in [7, 11) is 0. The van der Waals surface area contributed by atoms with E-state index < -0.39 is 28.9 Å². The molecule has 9 rings (SSSR count). The molecule has 250 valence electrons. The van der Waals surface area contributed by atoms with E-state index in [-0.39, 0.29) is 73.7 Å². The number of nitrogens with one attached hydrogen (secondary N) is 1. The second-order valence-electron chi connectivity index (χ2n) is 14.1. The van der Waals surface area contributed by atoms with Gasteiger partial charge in [-0.2, -0.15) is 5.26 Å². The van der Waals surface area contributed by atoms with E-state index in [1.54, 1.807) is 0 Å². The maximum absolute atomic E-state index is 17.5. The SMILES string of the molecule is N#Cc1c(OC[C@@]23CCCN2C[C@H](F)C3)nc2c(F)c(-c3ccc(F)c4sc(N)nc34)n(C3CCC3)c(=O)c2c1N1CC2CCC(C1)N2. The van der Waals surface area contributed by atoms with Gasteiger partial charge in [0.15, 0.2) is 10.9 Å². The number of nitrogens with zero attached hydrogens (tertiary/aromatic N) is 6. The van der Waals surface area contributed by atoms with Gasteiger partial charge < -0.3 is 25.3 Å². The number of fused-ring (bicyclic) bond motifs is 5. The Hall–Kier alpha value is -3.93. The van der Waals surface area contributed by atoms with E-state index >= 15 is 4.39 Å². The molecule has 0 spiro atoms. The van der Waals surface area contributed by atoms with Crippen LogP contribution >= 0.6 is 11.3 Å². The lowest BCUT2D eigenvalue weighted by atomic mass is 9.91. The molecule has 1 saturated carbocycles. The fourth-order valence-electron chi connectivity index (χ4n) is 8.93. The molecule has 5 aliphatic rings. The van der Waals surface area contributed by atoms with Crippen LogP contribution in [-0.2, 0) is 0 Å². The molecule has 4 atom stereocenters. The fourth-order valence-corrected chi connectivity index (χ4v) is 9.69. The van der Waals surface area contributed by atoms with Crippen molar-refractivity contribution in [3.63, 3.8) is 0 Å². The highest BCUT2D eigenvalue weighted by Crippen LogP contribution is 2.45. The van der Waals surface area contributed by atoms with Gasteiger partial charge in [0, 0.05) is 49.7 Å². The molecule has 14 heteroatoms. The molecule has 48 heavy (non-hydrogen) atoms. The molecule has 10 nitrogen and oxygen atoms in total. The first-order valence-electron chi connectivity index (χ1n) is 16.8. The van der Waals surface area contributed by atoms with Gasteiger partial charge in [-0.15, -0.1) is 0 Å². The molecule has 0 amide bonds. The van der Waals surface area contributed by atoms with Crippen molar-refractivity contribution in [2.75, 3.05) is 43.4 Å². The molecular weight excluding hydrogens is 641 g/mol. The van der Waals surface area contributed by atoms with Gasteiger partial charge >= 0.3 is 0 Å². The highest BCUT2D eigenvalue weighted by atomic mass is 32.1. The lowest BCUT2D eigenvalue weighted by molar-refractivity contribution is 0.110. The van der Waals surface area contributed by atoms with Crippen LogP contribution in [0.25, 0.3) is 32.4 Å². The predicted molar refractivity (Wildman–Crippen MR) is 177 cm³/mol. The zero-order valence-electron chi connectivity index (χ0n) is 26.3. The van der Waals surface area contributed by atoms with Gasteiger partial charge in [0.25, 0.3) is 5.56 Å². The van der Waals surface area contributed by atoms with E-state index in [4.69, 9.17) is 10.5 Å². The number of nitriles is 1. The highest BCUT2D eigenvalue weighted by Gasteiger charge is 2.49. The van der Waals surface area contributed by atoms with E-state index in [1.165, 1.54) is 16.7 Å². The quantitative estimate of drug-likeness (QED) is 0.290. The summed E-state index contributed by atoms with van der Waals surface area (Å²) in [6, 6.07) is 4.98. The smallest absolute Gasteiger partial charge is 0.263 e. The third-order valence-electron chi connectivity index (χ3n) is 11.3. The average Bonchev–Trinajstić information content (AvgIpc) is 3.79. The highest BCUT2D eigenvalue weighted by molar-refractivity contribution is 7.22. The van der Waals surface area contributed by atoms with Crippen LogP contribution in [0.4, 0.5) is 24.0 Å². The van der Waals surface area contributed by atoms with Crippen molar-refractivity contribution in [1.82, 2.24) is 24.8 Å². The molecule has 3 aromatic heterocycles. The number of rotatable bonds is 6. The number of ether oxygens (including phenoxy) is 1. The Morgan fingerprint density at radius 3 is 2.62 bits per heavy atom. The molecule has 4 aromatic rings. The minimum absolute atomic E-state index is 0.0291. The van der Waals surface area contributed by atoms with E-state index in [1.807, 2.05) is 4.90 Å². The summed E-state index contributed by atoms with van der Waals surface area (Å²) < 4.78 is 55.1. The number of aromatic nitrogens is 3. The first kappa shape index (κ1) is 30.2. The zero-order chi connectivity index (χ0) is 32.9. The van der Waals surface area contributed by atoms with E-state index in [9.17, 15) is 18.8 Å². The average molecular weight is 677 g/mol. The third kappa shape index (κ3) is 4.46. The molecular formula is C34H35F3N8O2S. The van der Waals surface area contributed by atoms with Crippen LogP contribution < -0.4 is 26.2 Å². The number of pyridine rings is 2. The summed E-state index contributed by atoms with van der Waals surface area (Å²) in [6.07, 6.45) is 5.13. The number of hydrogen-bond acceptors (Lipinski definition) is 10. The zero-order valence-corrected chi connectivity index (χ0v) is 27.1. The summed E-state index contributed by atoms with van der Waals surface area (Å²) in [5.41, 5.74) is 5.60. The lowest BCUT2D eigenvalue weighted by Gasteiger charge is -2.37. The standard InChI is InChI=1S/C34H35F3N8O2S/c35-17-11-34(9-2-10-44(34)13-17)16-47-31-22(12-38)28(43-14-18-5-6-19(15-43)40-18)24-27(41-31)25(37)29(45(32(24)46)20-3-1-4-20)21-7-8-23(36)30-26(21)42-33(39)48-30/h7-8,17-20,40H,1-6,9-11,13-16H2,(H2,39,42)/t17-,18?,19?,34+/m1/s1. The number of nitrogen functional groups attached to an aromatic ring is 1. The first-order valence-corrected chi connectivity index (χ1v) is 17.7. The topological polar surface area (TPSA) is 125 Å². The van der Waals surface area contributed by atoms with Crippen molar-refractivity contribution >= 4 is 43.3 Å².